The summed E-state index contributed by atoms with van der Waals surface area (Å²) in [7, 11) is -3.07. The van der Waals surface area contributed by atoms with Crippen molar-refractivity contribution in [2.75, 3.05) is 49.9 Å². The van der Waals surface area contributed by atoms with Crippen LogP contribution in [0, 0.1) is 0 Å². The summed E-state index contributed by atoms with van der Waals surface area (Å²) in [5.74, 6) is 0.982. The van der Waals surface area contributed by atoms with Gasteiger partial charge < -0.3 is 4.90 Å². The molecular formula is C14H23ClN4O2S. The van der Waals surface area contributed by atoms with Gasteiger partial charge in [-0.05, 0) is 32.0 Å². The summed E-state index contributed by atoms with van der Waals surface area (Å²) in [6, 6.07) is 3.69. The van der Waals surface area contributed by atoms with E-state index in [1.807, 2.05) is 12.1 Å². The summed E-state index contributed by atoms with van der Waals surface area (Å²) in [6.07, 6.45) is 2.58. The number of sulfonamides is 1. The third-order valence-corrected chi connectivity index (χ3v) is 5.46. The number of hydrogen-bond acceptors (Lipinski definition) is 5. The van der Waals surface area contributed by atoms with E-state index < -0.39 is 10.0 Å². The van der Waals surface area contributed by atoms with Gasteiger partial charge in [0.15, 0.2) is 0 Å². The van der Waals surface area contributed by atoms with Crippen molar-refractivity contribution in [1.29, 1.82) is 0 Å². The molecule has 2 heterocycles. The summed E-state index contributed by atoms with van der Waals surface area (Å²) >= 11 is 6.17. The maximum Gasteiger partial charge on any atom is 0.211 e. The summed E-state index contributed by atoms with van der Waals surface area (Å²) in [5, 5.41) is 0.685. The molecule has 0 spiro atoms. The van der Waals surface area contributed by atoms with Gasteiger partial charge >= 0.3 is 0 Å². The molecule has 0 atom stereocenters. The predicted molar refractivity (Wildman–Crippen MR) is 90.0 cm³/mol. The number of hydrogen-bond donors (Lipinski definition) is 1. The van der Waals surface area contributed by atoms with Gasteiger partial charge in [-0.3, -0.25) is 4.90 Å². The smallest absolute Gasteiger partial charge is 0.211 e. The fourth-order valence-corrected chi connectivity index (χ4v) is 3.33. The van der Waals surface area contributed by atoms with Gasteiger partial charge in [-0.25, -0.2) is 18.1 Å². The van der Waals surface area contributed by atoms with Crippen LogP contribution >= 0.6 is 11.6 Å². The summed E-state index contributed by atoms with van der Waals surface area (Å²) in [6.45, 7) is 6.69. The van der Waals surface area contributed by atoms with Gasteiger partial charge in [0.1, 0.15) is 5.82 Å². The van der Waals surface area contributed by atoms with Crippen molar-refractivity contribution in [3.05, 3.63) is 23.4 Å². The van der Waals surface area contributed by atoms with Gasteiger partial charge in [-0.1, -0.05) is 11.6 Å². The zero-order chi connectivity index (χ0) is 16.0. The van der Waals surface area contributed by atoms with E-state index in [9.17, 15) is 8.42 Å². The topological polar surface area (TPSA) is 65.5 Å². The minimum absolute atomic E-state index is 0.135. The minimum atomic E-state index is -3.07. The molecule has 1 aromatic rings. The van der Waals surface area contributed by atoms with Crippen LogP contribution in [0.4, 0.5) is 5.82 Å². The number of nitrogens with one attached hydrogen (secondary N) is 1. The van der Waals surface area contributed by atoms with Crippen LogP contribution in [0.3, 0.4) is 0 Å². The maximum absolute atomic E-state index is 11.3. The van der Waals surface area contributed by atoms with Crippen LogP contribution < -0.4 is 9.62 Å². The van der Waals surface area contributed by atoms with Gasteiger partial charge in [0, 0.05) is 38.9 Å². The second kappa shape index (κ2) is 8.10. The van der Waals surface area contributed by atoms with Crippen LogP contribution in [0.25, 0.3) is 0 Å². The average Bonchev–Trinajstić information content (AvgIpc) is 2.53. The van der Waals surface area contributed by atoms with E-state index in [2.05, 4.69) is 19.5 Å². The van der Waals surface area contributed by atoms with Crippen molar-refractivity contribution in [1.82, 2.24) is 14.6 Å². The molecule has 0 radical (unpaired) electrons. The van der Waals surface area contributed by atoms with Crippen LogP contribution in [0.15, 0.2) is 18.3 Å². The fraction of sp³-hybridized carbons (Fsp3) is 0.643. The Labute approximate surface area is 137 Å². The highest BCUT2D eigenvalue weighted by Gasteiger charge is 2.19. The first-order valence-corrected chi connectivity index (χ1v) is 9.60. The Bertz CT molecular complexity index is 574. The monoisotopic (exact) mass is 346 g/mol. The number of anilines is 1. The highest BCUT2D eigenvalue weighted by Crippen LogP contribution is 2.23. The predicted octanol–water partition coefficient (Wildman–Crippen LogP) is 1.19. The van der Waals surface area contributed by atoms with E-state index in [-0.39, 0.29) is 5.75 Å². The van der Waals surface area contributed by atoms with Gasteiger partial charge in [-0.15, -0.1) is 0 Å². The van der Waals surface area contributed by atoms with E-state index in [1.165, 1.54) is 0 Å². The Morgan fingerprint density at radius 2 is 2.05 bits per heavy atom. The lowest BCUT2D eigenvalue weighted by Crippen LogP contribution is -2.47. The summed E-state index contributed by atoms with van der Waals surface area (Å²) < 4.78 is 25.3. The van der Waals surface area contributed by atoms with E-state index in [0.29, 0.717) is 11.6 Å². The first-order valence-electron chi connectivity index (χ1n) is 7.57. The number of pyridine rings is 1. The molecule has 1 N–H and O–H groups in total. The molecule has 0 amide bonds. The Hall–Kier alpha value is -0.890. The van der Waals surface area contributed by atoms with E-state index in [4.69, 9.17) is 11.6 Å². The van der Waals surface area contributed by atoms with Gasteiger partial charge in [0.05, 0.1) is 10.8 Å². The molecule has 2 rings (SSSR count). The van der Waals surface area contributed by atoms with Gasteiger partial charge in [-0.2, -0.15) is 0 Å². The molecule has 8 heteroatoms. The lowest BCUT2D eigenvalue weighted by Gasteiger charge is -2.35. The van der Waals surface area contributed by atoms with Gasteiger partial charge in [0.2, 0.25) is 10.0 Å². The SMILES string of the molecule is CCS(=O)(=O)NCCCN1CCN(c2ncccc2Cl)CC1. The van der Waals surface area contributed by atoms with Crippen LogP contribution in [-0.2, 0) is 10.0 Å². The van der Waals surface area contributed by atoms with E-state index >= 15 is 0 Å². The number of nitrogens with zero attached hydrogens (tertiary/aromatic N) is 3. The molecule has 1 aliphatic heterocycles. The summed E-state index contributed by atoms with van der Waals surface area (Å²) in [4.78, 5) is 8.87. The zero-order valence-electron chi connectivity index (χ0n) is 12.8. The van der Waals surface area contributed by atoms with Crippen molar-refractivity contribution in [2.24, 2.45) is 0 Å². The molecule has 1 aliphatic rings. The Morgan fingerprint density at radius 1 is 1.32 bits per heavy atom. The van der Waals surface area contributed by atoms with Crippen molar-refractivity contribution >= 4 is 27.4 Å². The summed E-state index contributed by atoms with van der Waals surface area (Å²) in [5.41, 5.74) is 0. The molecule has 0 saturated carbocycles. The van der Waals surface area contributed by atoms with Crippen molar-refractivity contribution in [3.63, 3.8) is 0 Å². The maximum atomic E-state index is 11.3. The molecule has 1 aromatic heterocycles. The highest BCUT2D eigenvalue weighted by molar-refractivity contribution is 7.89. The van der Waals surface area contributed by atoms with Crippen molar-refractivity contribution in [3.8, 4) is 0 Å². The molecule has 0 unspecified atom stereocenters. The highest BCUT2D eigenvalue weighted by atomic mass is 35.5. The van der Waals surface area contributed by atoms with Gasteiger partial charge in [0.25, 0.3) is 0 Å². The van der Waals surface area contributed by atoms with E-state index in [1.54, 1.807) is 13.1 Å². The molecule has 0 aliphatic carbocycles. The Kier molecular flexibility index (Phi) is 6.43. The van der Waals surface area contributed by atoms with Crippen molar-refractivity contribution in [2.45, 2.75) is 13.3 Å². The number of rotatable bonds is 7. The normalized spacial score (nSPS) is 16.9. The van der Waals surface area contributed by atoms with Crippen LogP contribution in [0.2, 0.25) is 5.02 Å². The largest absolute Gasteiger partial charge is 0.353 e. The molecule has 1 fully saturated rings. The Balaban J connectivity index is 1.71. The standard InChI is InChI=1S/C14H23ClN4O2S/c1-2-22(20,21)17-7-4-8-18-9-11-19(12-10-18)14-13(15)5-3-6-16-14/h3,5-6,17H,2,4,7-12H2,1H3. The van der Waals surface area contributed by atoms with Crippen molar-refractivity contribution < 1.29 is 8.42 Å². The quantitative estimate of drug-likeness (QED) is 0.751. The molecule has 1 saturated heterocycles. The number of piperazine rings is 1. The zero-order valence-corrected chi connectivity index (χ0v) is 14.4. The third-order valence-electron chi connectivity index (χ3n) is 3.76. The first-order chi connectivity index (χ1) is 10.5. The third kappa shape index (κ3) is 5.08. The first kappa shape index (κ1) is 17.5. The van der Waals surface area contributed by atoms with Crippen LogP contribution in [-0.4, -0.2) is 63.3 Å². The number of aromatic nitrogens is 1. The molecule has 6 nitrogen and oxygen atoms in total. The molecule has 0 bridgehead atoms. The minimum Gasteiger partial charge on any atom is -0.353 e. The second-order valence-electron chi connectivity index (χ2n) is 5.29. The molecule has 124 valence electrons. The molecule has 22 heavy (non-hydrogen) atoms. The second-order valence-corrected chi connectivity index (χ2v) is 7.79. The number of halogens is 1. The fourth-order valence-electron chi connectivity index (χ4n) is 2.43. The average molecular weight is 347 g/mol. The lowest BCUT2D eigenvalue weighted by atomic mass is 10.3. The van der Waals surface area contributed by atoms with Crippen LogP contribution in [0.5, 0.6) is 0 Å². The lowest BCUT2D eigenvalue weighted by molar-refractivity contribution is 0.255. The van der Waals surface area contributed by atoms with E-state index in [0.717, 1.165) is 45.0 Å². The van der Waals surface area contributed by atoms with Crippen LogP contribution in [0.1, 0.15) is 13.3 Å². The Morgan fingerprint density at radius 3 is 2.68 bits per heavy atom. The molecule has 0 aromatic carbocycles. The molecular weight excluding hydrogens is 324 g/mol.